The smallest absolute Gasteiger partial charge is 0.126 e. The average molecular weight is 241 g/mol. The van der Waals surface area contributed by atoms with Crippen molar-refractivity contribution in [2.45, 2.75) is 32.6 Å². The lowest BCUT2D eigenvalue weighted by molar-refractivity contribution is 0.465. The molecule has 0 aromatic heterocycles. The second kappa shape index (κ2) is 6.70. The Morgan fingerprint density at radius 3 is 2.18 bits per heavy atom. The molecule has 1 rings (SSSR count). The van der Waals surface area contributed by atoms with Gasteiger partial charge in [0.2, 0.25) is 0 Å². The second-order valence-electron chi connectivity index (χ2n) is 4.92. The molecule has 0 saturated heterocycles. The maximum atomic E-state index is 13.2. The van der Waals surface area contributed by atoms with E-state index >= 15 is 0 Å². The van der Waals surface area contributed by atoms with Gasteiger partial charge in [0, 0.05) is 6.07 Å². The standard InChI is InChI=1S/C14H21F2N/c1-10(2)6-11(4-5-17-3)12-7-13(15)9-14(16)8-12/h7-11,17H,4-6H2,1-3H3. The van der Waals surface area contributed by atoms with E-state index in [1.165, 1.54) is 12.1 Å². The van der Waals surface area contributed by atoms with Crippen molar-refractivity contribution in [2.24, 2.45) is 5.92 Å². The van der Waals surface area contributed by atoms with Crippen molar-refractivity contribution in [3.63, 3.8) is 0 Å². The molecule has 1 aromatic rings. The average Bonchev–Trinajstić information content (AvgIpc) is 2.22. The molecular formula is C14H21F2N. The predicted octanol–water partition coefficient (Wildman–Crippen LogP) is 3.70. The van der Waals surface area contributed by atoms with Gasteiger partial charge in [-0.15, -0.1) is 0 Å². The third-order valence-corrected chi connectivity index (χ3v) is 2.86. The van der Waals surface area contributed by atoms with E-state index in [9.17, 15) is 8.78 Å². The molecule has 0 radical (unpaired) electrons. The van der Waals surface area contributed by atoms with Crippen LogP contribution in [0.3, 0.4) is 0 Å². The Hall–Kier alpha value is -0.960. The highest BCUT2D eigenvalue weighted by Gasteiger charge is 2.15. The molecule has 0 heterocycles. The Labute approximate surface area is 102 Å². The van der Waals surface area contributed by atoms with Gasteiger partial charge >= 0.3 is 0 Å². The van der Waals surface area contributed by atoms with Crippen LogP contribution in [0.25, 0.3) is 0 Å². The van der Waals surface area contributed by atoms with Crippen LogP contribution in [0, 0.1) is 17.6 Å². The zero-order valence-electron chi connectivity index (χ0n) is 10.8. The largest absolute Gasteiger partial charge is 0.320 e. The third-order valence-electron chi connectivity index (χ3n) is 2.86. The lowest BCUT2D eigenvalue weighted by Crippen LogP contribution is -2.14. The van der Waals surface area contributed by atoms with Gasteiger partial charge in [-0.3, -0.25) is 0 Å². The molecule has 0 bridgehead atoms. The minimum absolute atomic E-state index is 0.215. The van der Waals surface area contributed by atoms with Crippen molar-refractivity contribution in [2.75, 3.05) is 13.6 Å². The van der Waals surface area contributed by atoms with Crippen molar-refractivity contribution in [3.8, 4) is 0 Å². The minimum atomic E-state index is -0.488. The van der Waals surface area contributed by atoms with Crippen LogP contribution in [0.1, 0.15) is 38.2 Å². The van der Waals surface area contributed by atoms with Crippen LogP contribution in [-0.4, -0.2) is 13.6 Å². The molecule has 1 N–H and O–H groups in total. The molecule has 1 aromatic carbocycles. The topological polar surface area (TPSA) is 12.0 Å². The van der Waals surface area contributed by atoms with Gasteiger partial charge in [-0.2, -0.15) is 0 Å². The first-order valence-corrected chi connectivity index (χ1v) is 6.13. The van der Waals surface area contributed by atoms with E-state index < -0.39 is 11.6 Å². The fraction of sp³-hybridized carbons (Fsp3) is 0.571. The first-order valence-electron chi connectivity index (χ1n) is 6.13. The normalized spacial score (nSPS) is 13.1. The molecule has 0 amide bonds. The molecule has 1 atom stereocenters. The summed E-state index contributed by atoms with van der Waals surface area (Å²) in [5.74, 6) is -0.243. The molecular weight excluding hydrogens is 220 g/mol. The van der Waals surface area contributed by atoms with Crippen molar-refractivity contribution >= 4 is 0 Å². The van der Waals surface area contributed by atoms with Crippen molar-refractivity contribution in [1.82, 2.24) is 5.32 Å². The molecule has 3 heteroatoms. The summed E-state index contributed by atoms with van der Waals surface area (Å²) in [4.78, 5) is 0. The van der Waals surface area contributed by atoms with Crippen molar-refractivity contribution in [1.29, 1.82) is 0 Å². The highest BCUT2D eigenvalue weighted by molar-refractivity contribution is 5.22. The summed E-state index contributed by atoms with van der Waals surface area (Å²) in [6, 6.07) is 3.82. The van der Waals surface area contributed by atoms with Crippen molar-refractivity contribution in [3.05, 3.63) is 35.4 Å². The molecule has 0 fully saturated rings. The van der Waals surface area contributed by atoms with E-state index in [1.54, 1.807) is 0 Å². The van der Waals surface area contributed by atoms with E-state index in [0.717, 1.165) is 31.0 Å². The summed E-state index contributed by atoms with van der Waals surface area (Å²) in [7, 11) is 1.89. The zero-order chi connectivity index (χ0) is 12.8. The maximum absolute atomic E-state index is 13.2. The molecule has 0 saturated carbocycles. The molecule has 0 aliphatic carbocycles. The zero-order valence-corrected chi connectivity index (χ0v) is 10.8. The SMILES string of the molecule is CNCCC(CC(C)C)c1cc(F)cc(F)c1. The van der Waals surface area contributed by atoms with Gasteiger partial charge in [0.05, 0.1) is 0 Å². The summed E-state index contributed by atoms with van der Waals surface area (Å²) in [5.41, 5.74) is 0.770. The monoisotopic (exact) mass is 241 g/mol. The molecule has 1 nitrogen and oxygen atoms in total. The van der Waals surface area contributed by atoms with Crippen LogP contribution in [-0.2, 0) is 0 Å². The molecule has 1 unspecified atom stereocenters. The van der Waals surface area contributed by atoms with Crippen LogP contribution >= 0.6 is 0 Å². The highest BCUT2D eigenvalue weighted by Crippen LogP contribution is 2.28. The summed E-state index contributed by atoms with van der Waals surface area (Å²) >= 11 is 0. The lowest BCUT2D eigenvalue weighted by atomic mass is 9.87. The molecule has 0 spiro atoms. The number of benzene rings is 1. The Bertz CT molecular complexity index is 330. The van der Waals surface area contributed by atoms with Gasteiger partial charge < -0.3 is 5.32 Å². The summed E-state index contributed by atoms with van der Waals surface area (Å²) < 4.78 is 26.4. The van der Waals surface area contributed by atoms with Gasteiger partial charge in [-0.25, -0.2) is 8.78 Å². The number of halogens is 2. The minimum Gasteiger partial charge on any atom is -0.320 e. The van der Waals surface area contributed by atoms with Gasteiger partial charge in [-0.1, -0.05) is 13.8 Å². The number of hydrogen-bond acceptors (Lipinski definition) is 1. The van der Waals surface area contributed by atoms with Crippen LogP contribution in [0.2, 0.25) is 0 Å². The Morgan fingerprint density at radius 2 is 1.71 bits per heavy atom. The van der Waals surface area contributed by atoms with Gasteiger partial charge in [0.1, 0.15) is 11.6 Å². The molecule has 0 aliphatic rings. The number of rotatable bonds is 6. The van der Waals surface area contributed by atoms with E-state index in [1.807, 2.05) is 7.05 Å². The lowest BCUT2D eigenvalue weighted by Gasteiger charge is -2.19. The summed E-state index contributed by atoms with van der Waals surface area (Å²) in [5, 5.41) is 3.08. The second-order valence-corrected chi connectivity index (χ2v) is 4.92. The van der Waals surface area contributed by atoms with E-state index in [2.05, 4.69) is 19.2 Å². The quantitative estimate of drug-likeness (QED) is 0.800. The Morgan fingerprint density at radius 1 is 1.12 bits per heavy atom. The first kappa shape index (κ1) is 14.1. The first-order chi connectivity index (χ1) is 8.02. The van der Waals surface area contributed by atoms with Gasteiger partial charge in [0.15, 0.2) is 0 Å². The third kappa shape index (κ3) is 4.82. The fourth-order valence-electron chi connectivity index (χ4n) is 2.12. The van der Waals surface area contributed by atoms with Crippen molar-refractivity contribution < 1.29 is 8.78 Å². The van der Waals surface area contributed by atoms with Crippen LogP contribution in [0.15, 0.2) is 18.2 Å². The van der Waals surface area contributed by atoms with E-state index in [-0.39, 0.29) is 5.92 Å². The Balaban J connectivity index is 2.86. The Kier molecular flexibility index (Phi) is 5.56. The maximum Gasteiger partial charge on any atom is 0.126 e. The summed E-state index contributed by atoms with van der Waals surface area (Å²) in [6.45, 7) is 5.11. The molecule has 0 aliphatic heterocycles. The summed E-state index contributed by atoms with van der Waals surface area (Å²) in [6.07, 6.45) is 1.85. The predicted molar refractivity (Wildman–Crippen MR) is 67.1 cm³/mol. The number of hydrogen-bond donors (Lipinski definition) is 1. The van der Waals surface area contributed by atoms with Crippen LogP contribution < -0.4 is 5.32 Å². The fourth-order valence-corrected chi connectivity index (χ4v) is 2.12. The van der Waals surface area contributed by atoms with Gasteiger partial charge in [-0.05, 0) is 56.0 Å². The van der Waals surface area contributed by atoms with E-state index in [4.69, 9.17) is 0 Å². The van der Waals surface area contributed by atoms with E-state index in [0.29, 0.717) is 5.92 Å². The van der Waals surface area contributed by atoms with Crippen LogP contribution in [0.4, 0.5) is 8.78 Å². The highest BCUT2D eigenvalue weighted by atomic mass is 19.1. The molecule has 96 valence electrons. The van der Waals surface area contributed by atoms with Crippen LogP contribution in [0.5, 0.6) is 0 Å². The van der Waals surface area contributed by atoms with Gasteiger partial charge in [0.25, 0.3) is 0 Å². The number of nitrogens with one attached hydrogen (secondary N) is 1. The molecule has 17 heavy (non-hydrogen) atoms.